The highest BCUT2D eigenvalue weighted by Gasteiger charge is 2.10. The maximum Gasteiger partial charge on any atom is 0.0297 e. The number of rotatable bonds is 7. The molecule has 0 fully saturated rings. The first-order valence-corrected chi connectivity index (χ1v) is 7.39. The third-order valence-corrected chi connectivity index (χ3v) is 3.90. The van der Waals surface area contributed by atoms with Gasteiger partial charge in [-0.15, -0.1) is 0 Å². The maximum absolute atomic E-state index is 6.33. The van der Waals surface area contributed by atoms with Crippen LogP contribution < -0.4 is 5.73 Å². The molecule has 0 heterocycles. The van der Waals surface area contributed by atoms with Gasteiger partial charge in [-0.25, -0.2) is 0 Å². The first kappa shape index (κ1) is 15.2. The second-order valence-electron chi connectivity index (χ2n) is 5.60. The van der Waals surface area contributed by atoms with Crippen molar-refractivity contribution >= 4 is 0 Å². The third kappa shape index (κ3) is 4.45. The van der Waals surface area contributed by atoms with Gasteiger partial charge in [0, 0.05) is 6.04 Å². The summed E-state index contributed by atoms with van der Waals surface area (Å²) in [7, 11) is 0. The quantitative estimate of drug-likeness (QED) is 0.676. The average molecular weight is 247 g/mol. The molecule has 0 saturated carbocycles. The molecule has 0 aliphatic rings. The van der Waals surface area contributed by atoms with Crippen molar-refractivity contribution < 1.29 is 0 Å². The van der Waals surface area contributed by atoms with E-state index >= 15 is 0 Å². The molecule has 1 aromatic carbocycles. The molecule has 1 aromatic rings. The molecule has 2 N–H and O–H groups in total. The number of hydrogen-bond donors (Lipinski definition) is 1. The van der Waals surface area contributed by atoms with Crippen LogP contribution >= 0.6 is 0 Å². The van der Waals surface area contributed by atoms with Crippen LogP contribution in [0.2, 0.25) is 0 Å². The minimum atomic E-state index is 0.214. The van der Waals surface area contributed by atoms with Gasteiger partial charge in [0.25, 0.3) is 0 Å². The molecule has 0 aliphatic carbocycles. The molecule has 1 atom stereocenters. The Morgan fingerprint density at radius 2 is 1.50 bits per heavy atom. The molecule has 1 rings (SSSR count). The smallest absolute Gasteiger partial charge is 0.0297 e. The molecule has 1 unspecified atom stereocenters. The first-order valence-electron chi connectivity index (χ1n) is 7.39. The monoisotopic (exact) mass is 247 g/mol. The van der Waals surface area contributed by atoms with E-state index in [1.54, 1.807) is 0 Å². The van der Waals surface area contributed by atoms with Crippen molar-refractivity contribution in [1.29, 1.82) is 0 Å². The predicted octanol–water partition coefficient (Wildman–Crippen LogP) is 4.97. The second kappa shape index (κ2) is 7.58. The van der Waals surface area contributed by atoms with E-state index in [0.717, 1.165) is 6.42 Å². The van der Waals surface area contributed by atoms with E-state index in [1.807, 2.05) is 0 Å². The van der Waals surface area contributed by atoms with Gasteiger partial charge in [0.15, 0.2) is 0 Å². The summed E-state index contributed by atoms with van der Waals surface area (Å²) in [6.07, 6.45) is 7.72. The number of aryl methyl sites for hydroxylation is 3. The predicted molar refractivity (Wildman–Crippen MR) is 81.0 cm³/mol. The molecule has 1 nitrogen and oxygen atoms in total. The molecular weight excluding hydrogens is 218 g/mol. The van der Waals surface area contributed by atoms with Gasteiger partial charge >= 0.3 is 0 Å². The average Bonchev–Trinajstić information content (AvgIpc) is 2.33. The van der Waals surface area contributed by atoms with Crippen LogP contribution in [0, 0.1) is 20.8 Å². The van der Waals surface area contributed by atoms with Crippen LogP contribution in [0.3, 0.4) is 0 Å². The van der Waals surface area contributed by atoms with Crippen molar-refractivity contribution in [3.8, 4) is 0 Å². The zero-order valence-electron chi connectivity index (χ0n) is 12.6. The van der Waals surface area contributed by atoms with Gasteiger partial charge in [-0.2, -0.15) is 0 Å². The normalized spacial score (nSPS) is 12.7. The van der Waals surface area contributed by atoms with Crippen LogP contribution in [-0.2, 0) is 0 Å². The van der Waals surface area contributed by atoms with Gasteiger partial charge in [-0.3, -0.25) is 0 Å². The Morgan fingerprint density at radius 1 is 0.889 bits per heavy atom. The molecule has 0 saturated heterocycles. The summed E-state index contributed by atoms with van der Waals surface area (Å²) in [5.41, 5.74) is 11.7. The number of nitrogens with two attached hydrogens (primary N) is 1. The zero-order valence-corrected chi connectivity index (χ0v) is 12.6. The fourth-order valence-corrected chi connectivity index (χ4v) is 2.51. The number of unbranched alkanes of at least 4 members (excludes halogenated alkanes) is 4. The van der Waals surface area contributed by atoms with E-state index in [9.17, 15) is 0 Å². The summed E-state index contributed by atoms with van der Waals surface area (Å²) in [6, 6.07) is 4.76. The molecule has 0 amide bonds. The van der Waals surface area contributed by atoms with E-state index in [4.69, 9.17) is 5.73 Å². The fraction of sp³-hybridized carbons (Fsp3) is 0.647. The topological polar surface area (TPSA) is 26.0 Å². The van der Waals surface area contributed by atoms with Crippen LogP contribution in [0.5, 0.6) is 0 Å². The van der Waals surface area contributed by atoms with Crippen molar-refractivity contribution in [2.45, 2.75) is 72.3 Å². The molecular formula is C17H29N. The summed E-state index contributed by atoms with van der Waals surface area (Å²) in [5.74, 6) is 0. The molecule has 1 heteroatoms. The van der Waals surface area contributed by atoms with Gasteiger partial charge in [0.2, 0.25) is 0 Å². The van der Waals surface area contributed by atoms with Crippen LogP contribution in [0.1, 0.15) is 73.7 Å². The summed E-state index contributed by atoms with van der Waals surface area (Å²) >= 11 is 0. The molecule has 0 aromatic heterocycles. The van der Waals surface area contributed by atoms with E-state index < -0.39 is 0 Å². The summed E-state index contributed by atoms with van der Waals surface area (Å²) < 4.78 is 0. The summed E-state index contributed by atoms with van der Waals surface area (Å²) in [6.45, 7) is 8.78. The van der Waals surface area contributed by atoms with Crippen molar-refractivity contribution in [1.82, 2.24) is 0 Å². The Labute approximate surface area is 113 Å². The van der Waals surface area contributed by atoms with Gasteiger partial charge in [-0.1, -0.05) is 51.2 Å². The highest BCUT2D eigenvalue weighted by molar-refractivity contribution is 5.38. The lowest BCUT2D eigenvalue weighted by Gasteiger charge is -2.17. The lowest BCUT2D eigenvalue weighted by molar-refractivity contribution is 0.554. The van der Waals surface area contributed by atoms with Crippen molar-refractivity contribution in [2.24, 2.45) is 5.73 Å². The van der Waals surface area contributed by atoms with Crippen LogP contribution in [0.4, 0.5) is 0 Å². The number of benzene rings is 1. The molecule has 0 radical (unpaired) electrons. The van der Waals surface area contributed by atoms with E-state index in [-0.39, 0.29) is 6.04 Å². The lowest BCUT2D eigenvalue weighted by atomic mass is 9.93. The molecule has 102 valence electrons. The van der Waals surface area contributed by atoms with Crippen molar-refractivity contribution in [3.63, 3.8) is 0 Å². The number of hydrogen-bond acceptors (Lipinski definition) is 1. The van der Waals surface area contributed by atoms with Crippen LogP contribution in [0.25, 0.3) is 0 Å². The van der Waals surface area contributed by atoms with E-state index in [0.29, 0.717) is 0 Å². The fourth-order valence-electron chi connectivity index (χ4n) is 2.51. The van der Waals surface area contributed by atoms with Crippen molar-refractivity contribution in [3.05, 3.63) is 34.4 Å². The van der Waals surface area contributed by atoms with Gasteiger partial charge < -0.3 is 5.73 Å². The second-order valence-corrected chi connectivity index (χ2v) is 5.60. The Hall–Kier alpha value is -0.820. The summed E-state index contributed by atoms with van der Waals surface area (Å²) in [5, 5.41) is 0. The van der Waals surface area contributed by atoms with Gasteiger partial charge in [0.05, 0.1) is 0 Å². The van der Waals surface area contributed by atoms with Crippen LogP contribution in [0.15, 0.2) is 12.1 Å². The van der Waals surface area contributed by atoms with E-state index in [2.05, 4.69) is 39.8 Å². The maximum atomic E-state index is 6.33. The minimum Gasteiger partial charge on any atom is -0.324 e. The zero-order chi connectivity index (χ0) is 13.5. The molecule has 0 spiro atoms. The highest BCUT2D eigenvalue weighted by Crippen LogP contribution is 2.24. The Morgan fingerprint density at radius 3 is 2.17 bits per heavy atom. The minimum absolute atomic E-state index is 0.214. The first-order chi connectivity index (χ1) is 8.56. The van der Waals surface area contributed by atoms with E-state index in [1.165, 1.54) is 54.4 Å². The molecule has 0 bridgehead atoms. The Bertz CT molecular complexity index is 368. The Kier molecular flexibility index (Phi) is 6.42. The SMILES string of the molecule is CCCCCCCC(N)c1cc(C)c(C)cc1C. The Balaban J connectivity index is 2.51. The highest BCUT2D eigenvalue weighted by atomic mass is 14.6. The van der Waals surface area contributed by atoms with Gasteiger partial charge in [0.1, 0.15) is 0 Å². The molecule has 0 aliphatic heterocycles. The summed E-state index contributed by atoms with van der Waals surface area (Å²) in [4.78, 5) is 0. The lowest BCUT2D eigenvalue weighted by Crippen LogP contribution is -2.12. The van der Waals surface area contributed by atoms with Crippen molar-refractivity contribution in [2.75, 3.05) is 0 Å². The third-order valence-electron chi connectivity index (χ3n) is 3.90. The van der Waals surface area contributed by atoms with Gasteiger partial charge in [-0.05, 0) is 49.4 Å². The largest absolute Gasteiger partial charge is 0.324 e. The standard InChI is InChI=1S/C17H29N/c1-5-6-7-8-9-10-17(18)16-12-14(3)13(2)11-15(16)4/h11-12,17H,5-10,18H2,1-4H3. The molecule has 18 heavy (non-hydrogen) atoms. The van der Waals surface area contributed by atoms with Crippen LogP contribution in [-0.4, -0.2) is 0 Å².